The Morgan fingerprint density at radius 1 is 0.935 bits per heavy atom. The summed E-state index contributed by atoms with van der Waals surface area (Å²) in [7, 11) is 0. The molecule has 1 fully saturated rings. The van der Waals surface area contributed by atoms with Crippen molar-refractivity contribution in [3.8, 4) is 0 Å². The smallest absolute Gasteiger partial charge is 0.328 e. The predicted octanol–water partition coefficient (Wildman–Crippen LogP) is 2.56. The molecule has 31 heavy (non-hydrogen) atoms. The Labute approximate surface area is 181 Å². The van der Waals surface area contributed by atoms with Crippen LogP contribution in [0.3, 0.4) is 0 Å². The predicted molar refractivity (Wildman–Crippen MR) is 117 cm³/mol. The van der Waals surface area contributed by atoms with Crippen LogP contribution in [-0.2, 0) is 19.8 Å². The summed E-state index contributed by atoms with van der Waals surface area (Å²) in [6.45, 7) is 2.02. The Balaban J connectivity index is 0.000000366. The number of piperidine rings is 1. The van der Waals surface area contributed by atoms with Gasteiger partial charge in [0.2, 0.25) is 5.91 Å². The highest BCUT2D eigenvalue weighted by Crippen LogP contribution is 2.39. The van der Waals surface area contributed by atoms with Crippen LogP contribution in [0.4, 0.5) is 0 Å². The summed E-state index contributed by atoms with van der Waals surface area (Å²) in [4.78, 5) is 31.8. The average Bonchev–Trinajstić information content (AvgIpc) is 2.78. The first-order valence-electron chi connectivity index (χ1n) is 10.1. The van der Waals surface area contributed by atoms with Gasteiger partial charge in [-0.05, 0) is 49.4 Å². The van der Waals surface area contributed by atoms with Crippen molar-refractivity contribution in [2.75, 3.05) is 13.1 Å². The zero-order chi connectivity index (χ0) is 22.7. The number of carboxylic acid groups (broad SMARTS) is 2. The lowest BCUT2D eigenvalue weighted by Gasteiger charge is -2.36. The SMILES string of the molecule is NC(=O)C(CC1CCCNC1)(c1ccccc1)c1ccccc1.O=C(O)/C=C\C(=O)O. The first-order valence-corrected chi connectivity index (χ1v) is 10.1. The van der Waals surface area contributed by atoms with Crippen LogP contribution in [0.2, 0.25) is 0 Å². The van der Waals surface area contributed by atoms with Crippen molar-refractivity contribution in [2.24, 2.45) is 11.7 Å². The van der Waals surface area contributed by atoms with E-state index in [9.17, 15) is 14.4 Å². The van der Waals surface area contributed by atoms with Gasteiger partial charge in [-0.1, -0.05) is 60.7 Å². The number of primary amides is 1. The molecule has 1 atom stereocenters. The number of carbonyl (C=O) groups excluding carboxylic acids is 1. The fraction of sp³-hybridized carbons (Fsp3) is 0.292. The molecule has 1 aliphatic rings. The molecule has 5 N–H and O–H groups in total. The maximum Gasteiger partial charge on any atom is 0.328 e. The number of carbonyl (C=O) groups is 3. The second-order valence-electron chi connectivity index (χ2n) is 7.43. The van der Waals surface area contributed by atoms with E-state index in [1.54, 1.807) is 0 Å². The molecule has 1 amide bonds. The van der Waals surface area contributed by atoms with Crippen molar-refractivity contribution in [2.45, 2.75) is 24.7 Å². The van der Waals surface area contributed by atoms with E-state index in [-0.39, 0.29) is 5.91 Å². The minimum absolute atomic E-state index is 0.263. The molecule has 0 bridgehead atoms. The van der Waals surface area contributed by atoms with Crippen LogP contribution in [0.1, 0.15) is 30.4 Å². The number of amides is 1. The van der Waals surface area contributed by atoms with E-state index in [0.29, 0.717) is 18.1 Å². The van der Waals surface area contributed by atoms with E-state index in [2.05, 4.69) is 5.32 Å². The van der Waals surface area contributed by atoms with E-state index < -0.39 is 17.4 Å². The second-order valence-corrected chi connectivity index (χ2v) is 7.43. The quantitative estimate of drug-likeness (QED) is 0.506. The van der Waals surface area contributed by atoms with Gasteiger partial charge in [0, 0.05) is 12.2 Å². The molecule has 1 unspecified atom stereocenters. The fourth-order valence-corrected chi connectivity index (χ4v) is 3.91. The molecule has 1 heterocycles. The summed E-state index contributed by atoms with van der Waals surface area (Å²) in [5.41, 5.74) is 7.22. The summed E-state index contributed by atoms with van der Waals surface area (Å²) in [5.74, 6) is -2.32. The first kappa shape index (κ1) is 23.8. The van der Waals surface area contributed by atoms with Crippen molar-refractivity contribution >= 4 is 17.8 Å². The number of nitrogens with one attached hydrogen (secondary N) is 1. The molecule has 3 rings (SSSR count). The highest BCUT2D eigenvalue weighted by molar-refractivity contribution is 5.91. The number of hydrogen-bond donors (Lipinski definition) is 4. The molecule has 7 nitrogen and oxygen atoms in total. The third kappa shape index (κ3) is 6.79. The molecule has 164 valence electrons. The number of aliphatic carboxylic acids is 2. The molecule has 1 saturated heterocycles. The van der Waals surface area contributed by atoms with Gasteiger partial charge in [0.1, 0.15) is 0 Å². The Morgan fingerprint density at radius 2 is 1.42 bits per heavy atom. The summed E-state index contributed by atoms with van der Waals surface area (Å²) in [6, 6.07) is 20.0. The zero-order valence-corrected chi connectivity index (χ0v) is 17.2. The highest BCUT2D eigenvalue weighted by Gasteiger charge is 2.42. The van der Waals surface area contributed by atoms with Crippen molar-refractivity contribution in [1.29, 1.82) is 0 Å². The topological polar surface area (TPSA) is 130 Å². The second kappa shape index (κ2) is 11.7. The van der Waals surface area contributed by atoms with Crippen molar-refractivity contribution in [3.05, 3.63) is 83.9 Å². The van der Waals surface area contributed by atoms with Gasteiger partial charge in [-0.2, -0.15) is 0 Å². The maximum atomic E-state index is 12.7. The number of nitrogens with two attached hydrogens (primary N) is 1. The van der Waals surface area contributed by atoms with Gasteiger partial charge < -0.3 is 21.3 Å². The van der Waals surface area contributed by atoms with E-state index >= 15 is 0 Å². The fourth-order valence-electron chi connectivity index (χ4n) is 3.91. The van der Waals surface area contributed by atoms with Crippen LogP contribution < -0.4 is 11.1 Å². The van der Waals surface area contributed by atoms with Gasteiger partial charge in [-0.15, -0.1) is 0 Å². The van der Waals surface area contributed by atoms with Crippen molar-refractivity contribution in [3.63, 3.8) is 0 Å². The summed E-state index contributed by atoms with van der Waals surface area (Å²) < 4.78 is 0. The minimum atomic E-state index is -1.26. The van der Waals surface area contributed by atoms with Crippen molar-refractivity contribution < 1.29 is 24.6 Å². The zero-order valence-electron chi connectivity index (χ0n) is 17.2. The van der Waals surface area contributed by atoms with E-state index in [4.69, 9.17) is 15.9 Å². The van der Waals surface area contributed by atoms with Gasteiger partial charge in [0.15, 0.2) is 0 Å². The van der Waals surface area contributed by atoms with Crippen molar-refractivity contribution in [1.82, 2.24) is 5.32 Å². The molecular weight excluding hydrogens is 396 g/mol. The summed E-state index contributed by atoms with van der Waals surface area (Å²) >= 11 is 0. The van der Waals surface area contributed by atoms with Crippen LogP contribution in [0.5, 0.6) is 0 Å². The van der Waals surface area contributed by atoms with Crippen LogP contribution in [-0.4, -0.2) is 41.1 Å². The molecule has 2 aromatic rings. The van der Waals surface area contributed by atoms with Crippen LogP contribution in [0.25, 0.3) is 0 Å². The van der Waals surface area contributed by atoms with Crippen LogP contribution in [0.15, 0.2) is 72.8 Å². The van der Waals surface area contributed by atoms with Crippen LogP contribution >= 0.6 is 0 Å². The maximum absolute atomic E-state index is 12.7. The number of hydrogen-bond acceptors (Lipinski definition) is 4. The molecular formula is C24H28N2O5. The molecule has 0 aromatic heterocycles. The lowest BCUT2D eigenvalue weighted by Crippen LogP contribution is -2.46. The van der Waals surface area contributed by atoms with E-state index in [1.807, 2.05) is 60.7 Å². The lowest BCUT2D eigenvalue weighted by molar-refractivity contribution is -0.134. The lowest BCUT2D eigenvalue weighted by atomic mass is 9.67. The Bertz CT molecular complexity index is 835. The Hall–Kier alpha value is -3.45. The third-order valence-electron chi connectivity index (χ3n) is 5.32. The van der Waals surface area contributed by atoms with Gasteiger partial charge >= 0.3 is 11.9 Å². The summed E-state index contributed by atoms with van der Waals surface area (Å²) in [6.07, 6.45) is 4.17. The number of benzene rings is 2. The molecule has 7 heteroatoms. The molecule has 0 radical (unpaired) electrons. The van der Waals surface area contributed by atoms with Gasteiger partial charge in [-0.3, -0.25) is 4.79 Å². The molecule has 0 spiro atoms. The van der Waals surface area contributed by atoms with Gasteiger partial charge in [0.05, 0.1) is 5.41 Å². The van der Waals surface area contributed by atoms with Gasteiger partial charge in [-0.25, -0.2) is 9.59 Å². The van der Waals surface area contributed by atoms with Gasteiger partial charge in [0.25, 0.3) is 0 Å². The average molecular weight is 424 g/mol. The Morgan fingerprint density at radius 3 is 1.77 bits per heavy atom. The highest BCUT2D eigenvalue weighted by atomic mass is 16.4. The number of rotatable bonds is 7. The monoisotopic (exact) mass is 424 g/mol. The summed E-state index contributed by atoms with van der Waals surface area (Å²) in [5, 5.41) is 19.1. The largest absolute Gasteiger partial charge is 0.478 e. The number of carboxylic acids is 2. The standard InChI is InChI=1S/C20H24N2O.C4H4O4/c21-19(23)20(17-9-3-1-4-10-17,18-11-5-2-6-12-18)14-16-8-7-13-22-15-16;5-3(6)1-2-4(7)8/h1-6,9-12,16,22H,7-8,13-15H2,(H2,21,23);1-2H,(H,5,6)(H,7,8)/b;2-1-. The minimum Gasteiger partial charge on any atom is -0.478 e. The first-order chi connectivity index (χ1) is 14.9. The third-order valence-corrected chi connectivity index (χ3v) is 5.32. The normalized spacial score (nSPS) is 16.2. The molecule has 0 aliphatic carbocycles. The molecule has 2 aromatic carbocycles. The Kier molecular flexibility index (Phi) is 8.96. The molecule has 1 aliphatic heterocycles. The molecule has 0 saturated carbocycles. The van der Waals surface area contributed by atoms with Crippen LogP contribution in [0, 0.1) is 5.92 Å². The van der Waals surface area contributed by atoms with E-state index in [1.165, 1.54) is 0 Å². The van der Waals surface area contributed by atoms with E-state index in [0.717, 1.165) is 43.5 Å².